The third kappa shape index (κ3) is 5.40. The van der Waals surface area contributed by atoms with Crippen molar-refractivity contribution in [2.75, 3.05) is 0 Å². The first-order chi connectivity index (χ1) is 29.8. The summed E-state index contributed by atoms with van der Waals surface area (Å²) in [6.07, 6.45) is 0. The van der Waals surface area contributed by atoms with Gasteiger partial charge in [0.2, 0.25) is 0 Å². The van der Waals surface area contributed by atoms with Crippen LogP contribution in [0.1, 0.15) is 0 Å². The molecule has 3 nitrogen and oxygen atoms in total. The topological polar surface area (TPSA) is 22.8 Å². The first-order valence-electron chi connectivity index (χ1n) is 20.6. The van der Waals surface area contributed by atoms with Crippen LogP contribution in [0.15, 0.2) is 224 Å². The lowest BCUT2D eigenvalue weighted by atomic mass is 9.95. The van der Waals surface area contributed by atoms with E-state index in [-0.39, 0.29) is 0 Å². The number of benzene rings is 9. The summed E-state index contributed by atoms with van der Waals surface area (Å²) >= 11 is 0. The monoisotopic (exact) mass is 763 g/mol. The lowest BCUT2D eigenvalue weighted by Crippen LogP contribution is -2.00. The van der Waals surface area contributed by atoms with Crippen molar-refractivity contribution in [1.29, 1.82) is 0 Å². The average molecular weight is 764 g/mol. The Bertz CT molecular complexity index is 3580. The first-order valence-corrected chi connectivity index (χ1v) is 20.6. The predicted octanol–water partition coefficient (Wildman–Crippen LogP) is 15.1. The van der Waals surface area contributed by atoms with Crippen molar-refractivity contribution in [3.05, 3.63) is 224 Å². The molecule has 0 aliphatic heterocycles. The molecule has 12 rings (SSSR count). The Morgan fingerprint density at radius 3 is 1.50 bits per heavy atom. The second-order valence-corrected chi connectivity index (χ2v) is 15.5. The van der Waals surface area contributed by atoms with E-state index in [9.17, 15) is 0 Å². The molecular weight excluding hydrogens is 727 g/mol. The molecule has 3 heteroatoms. The van der Waals surface area contributed by atoms with Crippen LogP contribution in [0.5, 0.6) is 0 Å². The molecule has 0 radical (unpaired) electrons. The maximum atomic E-state index is 5.42. The van der Waals surface area contributed by atoms with Gasteiger partial charge in [0.25, 0.3) is 0 Å². The van der Waals surface area contributed by atoms with Crippen LogP contribution in [0.4, 0.5) is 0 Å². The fourth-order valence-corrected chi connectivity index (χ4v) is 9.41. The number of hydrogen-bond donors (Lipinski definition) is 0. The molecule has 0 aliphatic carbocycles. The van der Waals surface area contributed by atoms with Gasteiger partial charge in [-0.1, -0.05) is 176 Å². The van der Waals surface area contributed by atoms with Gasteiger partial charge in [-0.2, -0.15) is 0 Å². The van der Waals surface area contributed by atoms with Gasteiger partial charge in [-0.25, -0.2) is 4.98 Å². The van der Waals surface area contributed by atoms with Crippen LogP contribution in [0, 0.1) is 0 Å². The van der Waals surface area contributed by atoms with E-state index >= 15 is 0 Å². The van der Waals surface area contributed by atoms with E-state index in [1.165, 1.54) is 54.7 Å². The molecule has 3 heterocycles. The number of hydrogen-bond acceptors (Lipinski definition) is 1. The molecule has 0 N–H and O–H groups in total. The summed E-state index contributed by atoms with van der Waals surface area (Å²) in [6.45, 7) is 0. The Kier molecular flexibility index (Phi) is 7.85. The fourth-order valence-electron chi connectivity index (χ4n) is 9.41. The number of aromatic nitrogens is 3. The van der Waals surface area contributed by atoms with E-state index in [2.05, 4.69) is 234 Å². The standard InChI is InChI=1S/C57H37N3/c1-4-17-38(18-5-1)40-21-14-22-41(35-40)42-36-51(39-19-6-2-7-20-39)58-52(37-42)45-28-15-29-46-44(45)27-16-32-55(46)60-54-31-13-11-26-48(54)50-34-33-49-47-25-10-12-30-53(47)59(56(49)57(50)60)43-23-8-3-9-24-43/h1-37H. The Labute approximate surface area is 347 Å². The van der Waals surface area contributed by atoms with Crippen LogP contribution in [-0.4, -0.2) is 14.1 Å². The molecule has 0 saturated heterocycles. The molecule has 9 aromatic carbocycles. The van der Waals surface area contributed by atoms with Crippen molar-refractivity contribution in [2.24, 2.45) is 0 Å². The summed E-state index contributed by atoms with van der Waals surface area (Å²) in [5.74, 6) is 0. The number of rotatable bonds is 6. The molecule has 0 saturated carbocycles. The van der Waals surface area contributed by atoms with Crippen molar-refractivity contribution in [2.45, 2.75) is 0 Å². The molecular formula is C57H37N3. The smallest absolute Gasteiger partial charge is 0.0789 e. The quantitative estimate of drug-likeness (QED) is 0.165. The van der Waals surface area contributed by atoms with E-state index in [4.69, 9.17) is 4.98 Å². The van der Waals surface area contributed by atoms with Gasteiger partial charge >= 0.3 is 0 Å². The zero-order valence-electron chi connectivity index (χ0n) is 32.7. The normalized spacial score (nSPS) is 11.7. The summed E-state index contributed by atoms with van der Waals surface area (Å²) in [5.41, 5.74) is 15.8. The maximum Gasteiger partial charge on any atom is 0.0789 e. The Morgan fingerprint density at radius 2 is 0.783 bits per heavy atom. The number of pyridine rings is 1. The third-order valence-corrected chi connectivity index (χ3v) is 12.1. The van der Waals surface area contributed by atoms with E-state index in [0.717, 1.165) is 55.8 Å². The van der Waals surface area contributed by atoms with Crippen molar-refractivity contribution >= 4 is 54.4 Å². The van der Waals surface area contributed by atoms with Crippen LogP contribution in [-0.2, 0) is 0 Å². The molecule has 0 unspecified atom stereocenters. The van der Waals surface area contributed by atoms with Crippen LogP contribution >= 0.6 is 0 Å². The van der Waals surface area contributed by atoms with Gasteiger partial charge in [0, 0.05) is 43.7 Å². The van der Waals surface area contributed by atoms with Crippen molar-refractivity contribution in [3.8, 4) is 56.1 Å². The zero-order valence-corrected chi connectivity index (χ0v) is 32.7. The fraction of sp³-hybridized carbons (Fsp3) is 0. The lowest BCUT2D eigenvalue weighted by molar-refractivity contribution is 1.16. The van der Waals surface area contributed by atoms with Crippen molar-refractivity contribution in [3.63, 3.8) is 0 Å². The van der Waals surface area contributed by atoms with Gasteiger partial charge in [-0.05, 0) is 76.2 Å². The molecule has 280 valence electrons. The van der Waals surface area contributed by atoms with Gasteiger partial charge in [0.1, 0.15) is 0 Å². The van der Waals surface area contributed by atoms with Gasteiger partial charge in [0.05, 0.1) is 39.1 Å². The van der Waals surface area contributed by atoms with Crippen LogP contribution in [0.25, 0.3) is 111 Å². The van der Waals surface area contributed by atoms with Gasteiger partial charge < -0.3 is 9.13 Å². The molecule has 0 aliphatic rings. The van der Waals surface area contributed by atoms with Gasteiger partial charge in [-0.15, -0.1) is 0 Å². The predicted molar refractivity (Wildman–Crippen MR) is 252 cm³/mol. The Balaban J connectivity index is 1.13. The summed E-state index contributed by atoms with van der Waals surface area (Å²) in [5, 5.41) is 7.25. The second kappa shape index (κ2) is 13.8. The highest BCUT2D eigenvalue weighted by atomic mass is 15.0. The highest BCUT2D eigenvalue weighted by Crippen LogP contribution is 2.43. The minimum Gasteiger partial charge on any atom is -0.307 e. The van der Waals surface area contributed by atoms with Crippen LogP contribution < -0.4 is 0 Å². The number of nitrogens with zero attached hydrogens (tertiary/aromatic N) is 3. The third-order valence-electron chi connectivity index (χ3n) is 12.1. The summed E-state index contributed by atoms with van der Waals surface area (Å²) in [4.78, 5) is 5.42. The lowest BCUT2D eigenvalue weighted by Gasteiger charge is -2.16. The average Bonchev–Trinajstić information content (AvgIpc) is 3.85. The van der Waals surface area contributed by atoms with E-state index in [1.54, 1.807) is 0 Å². The summed E-state index contributed by atoms with van der Waals surface area (Å²) in [6, 6.07) is 80.9. The maximum absolute atomic E-state index is 5.42. The highest BCUT2D eigenvalue weighted by molar-refractivity contribution is 6.24. The highest BCUT2D eigenvalue weighted by Gasteiger charge is 2.22. The number of fused-ring (bicyclic) bond motifs is 8. The molecule has 3 aromatic heterocycles. The molecule has 0 atom stereocenters. The minimum atomic E-state index is 0.938. The largest absolute Gasteiger partial charge is 0.307 e. The molecule has 12 aromatic rings. The van der Waals surface area contributed by atoms with E-state index in [0.29, 0.717) is 0 Å². The Morgan fingerprint density at radius 1 is 0.283 bits per heavy atom. The SMILES string of the molecule is c1ccc(-c2cccc(-c3cc(-c4ccccc4)nc(-c4cccc5c(-n6c7ccccc7c7ccc8c9ccccc9n(-c9ccccc9)c8c76)cccc45)c3)c2)cc1. The van der Waals surface area contributed by atoms with Crippen LogP contribution in [0.2, 0.25) is 0 Å². The Hall–Kier alpha value is -8.01. The molecule has 0 bridgehead atoms. The first kappa shape index (κ1) is 34.1. The molecule has 0 amide bonds. The van der Waals surface area contributed by atoms with Crippen molar-refractivity contribution < 1.29 is 0 Å². The summed E-state index contributed by atoms with van der Waals surface area (Å²) in [7, 11) is 0. The number of para-hydroxylation sites is 3. The minimum absolute atomic E-state index is 0.938. The molecule has 60 heavy (non-hydrogen) atoms. The van der Waals surface area contributed by atoms with Gasteiger partial charge in [0.15, 0.2) is 0 Å². The van der Waals surface area contributed by atoms with E-state index < -0.39 is 0 Å². The molecule has 0 fully saturated rings. The molecule has 0 spiro atoms. The van der Waals surface area contributed by atoms with Crippen LogP contribution in [0.3, 0.4) is 0 Å². The zero-order chi connectivity index (χ0) is 39.6. The van der Waals surface area contributed by atoms with Crippen molar-refractivity contribution in [1.82, 2.24) is 14.1 Å². The summed E-state index contributed by atoms with van der Waals surface area (Å²) < 4.78 is 4.96. The second-order valence-electron chi connectivity index (χ2n) is 15.5. The van der Waals surface area contributed by atoms with Gasteiger partial charge in [-0.3, -0.25) is 0 Å². The van der Waals surface area contributed by atoms with E-state index in [1.807, 2.05) is 0 Å².